The molecule has 0 fully saturated rings. The van der Waals surface area contributed by atoms with E-state index in [2.05, 4.69) is 129 Å². The van der Waals surface area contributed by atoms with Gasteiger partial charge in [0.2, 0.25) is 5.91 Å². The Bertz CT molecular complexity index is 1240. The largest absolute Gasteiger partial charge is 0.472 e. The summed E-state index contributed by atoms with van der Waals surface area (Å²) in [5.41, 5.74) is 0. The number of likely N-dealkylation sites (N-methyl/N-ethyl adjacent to an activating group) is 1. The van der Waals surface area contributed by atoms with E-state index in [1.54, 1.807) is 0 Å². The van der Waals surface area contributed by atoms with Gasteiger partial charge in [0.05, 0.1) is 39.9 Å². The highest BCUT2D eigenvalue weighted by atomic mass is 31.2. The van der Waals surface area contributed by atoms with Gasteiger partial charge in [0, 0.05) is 6.42 Å². The predicted octanol–water partition coefficient (Wildman–Crippen LogP) is 11.0. The van der Waals surface area contributed by atoms with Gasteiger partial charge in [-0.1, -0.05) is 142 Å². The highest BCUT2D eigenvalue weighted by Crippen LogP contribution is 2.43. The number of hydrogen-bond acceptors (Lipinski definition) is 5. The molecule has 0 aliphatic heterocycles. The maximum Gasteiger partial charge on any atom is 0.472 e. The summed E-state index contributed by atoms with van der Waals surface area (Å²) in [5, 5.41) is 13.5. The molecule has 0 spiro atoms. The van der Waals surface area contributed by atoms with E-state index in [9.17, 15) is 19.4 Å². The van der Waals surface area contributed by atoms with E-state index in [1.165, 1.54) is 0 Å². The van der Waals surface area contributed by atoms with E-state index < -0.39 is 20.0 Å². The number of aliphatic hydroxyl groups is 1. The van der Waals surface area contributed by atoms with Crippen LogP contribution < -0.4 is 5.32 Å². The molecular weight excluding hydrogens is 695 g/mol. The standard InChI is InChI=1S/C45H75N2O6P/c1-6-8-10-11-12-13-14-15-16-17-18-19-20-21-22-23-24-25-26-27-28-29-30-31-32-33-34-35-37-39-45(49)46-43(44(48)38-36-9-7-2)42-53-54(50,51)52-41-40-47(3,4)5/h8,10,12-13,15-16,18-19,21-22,24-25,27-28,30-31,33-34,43-44,48H,6-7,9,11,14,17,20,23,26,29,32,35-42H2,1-5H3,(H-,46,49,50,51)/p+1/b10-8-,13-12-,16-15-,19-18-,22-21-,25-24-,28-27-,31-30-,34-33-. The van der Waals surface area contributed by atoms with Gasteiger partial charge in [-0.3, -0.25) is 13.8 Å². The lowest BCUT2D eigenvalue weighted by molar-refractivity contribution is -0.870. The number of rotatable bonds is 34. The van der Waals surface area contributed by atoms with Gasteiger partial charge in [-0.05, 0) is 77.0 Å². The van der Waals surface area contributed by atoms with Gasteiger partial charge < -0.3 is 19.8 Å². The van der Waals surface area contributed by atoms with Crippen molar-refractivity contribution in [1.82, 2.24) is 5.32 Å². The van der Waals surface area contributed by atoms with Crippen molar-refractivity contribution in [2.75, 3.05) is 40.9 Å². The Morgan fingerprint density at radius 3 is 1.48 bits per heavy atom. The third-order valence-electron chi connectivity index (χ3n) is 8.04. The highest BCUT2D eigenvalue weighted by molar-refractivity contribution is 7.47. The Morgan fingerprint density at radius 1 is 0.648 bits per heavy atom. The van der Waals surface area contributed by atoms with E-state index in [-0.39, 0.29) is 25.5 Å². The van der Waals surface area contributed by atoms with Gasteiger partial charge in [0.15, 0.2) is 0 Å². The number of allylic oxidation sites excluding steroid dienone is 18. The Morgan fingerprint density at radius 2 is 1.07 bits per heavy atom. The molecule has 0 aromatic carbocycles. The van der Waals surface area contributed by atoms with Crippen molar-refractivity contribution in [3.05, 3.63) is 109 Å². The number of aliphatic hydroxyl groups excluding tert-OH is 1. The molecule has 0 saturated carbocycles. The molecule has 0 heterocycles. The summed E-state index contributed by atoms with van der Waals surface area (Å²) >= 11 is 0. The molecular formula is C45H76N2O6P+. The number of carbonyl (C=O) groups excluding carboxylic acids is 1. The van der Waals surface area contributed by atoms with Crippen molar-refractivity contribution >= 4 is 13.7 Å². The molecule has 0 aromatic heterocycles. The third kappa shape index (κ3) is 37.5. The highest BCUT2D eigenvalue weighted by Gasteiger charge is 2.28. The van der Waals surface area contributed by atoms with Crippen LogP contribution in [-0.4, -0.2) is 73.4 Å². The van der Waals surface area contributed by atoms with Crippen LogP contribution in [0.3, 0.4) is 0 Å². The molecule has 0 aliphatic carbocycles. The number of quaternary nitrogens is 1. The van der Waals surface area contributed by atoms with Crippen molar-refractivity contribution in [3.8, 4) is 0 Å². The van der Waals surface area contributed by atoms with Gasteiger partial charge in [-0.15, -0.1) is 0 Å². The van der Waals surface area contributed by atoms with Crippen molar-refractivity contribution < 1.29 is 32.9 Å². The normalized spacial score (nSPS) is 15.6. The topological polar surface area (TPSA) is 105 Å². The molecule has 0 rings (SSSR count). The van der Waals surface area contributed by atoms with E-state index >= 15 is 0 Å². The SMILES string of the molecule is CC/C=C\C/C=C\C/C=C\C/C=C\C/C=C\C/C=C\C/C=C\C/C=C\C/C=C\CCCC(=O)NC(COP(=O)(O)OCC[N+](C)(C)C)C(O)CCCCC. The molecule has 9 heteroatoms. The smallest absolute Gasteiger partial charge is 0.391 e. The summed E-state index contributed by atoms with van der Waals surface area (Å²) in [5.74, 6) is -0.221. The lowest BCUT2D eigenvalue weighted by atomic mass is 10.0. The maximum absolute atomic E-state index is 12.6. The molecule has 1 amide bonds. The number of carbonyl (C=O) groups is 1. The first-order valence-corrected chi connectivity index (χ1v) is 21.7. The number of phosphoric acid groups is 1. The number of hydrogen-bond donors (Lipinski definition) is 3. The summed E-state index contributed by atoms with van der Waals surface area (Å²) in [6, 6.07) is -0.794. The van der Waals surface area contributed by atoms with Crippen LogP contribution in [0.5, 0.6) is 0 Å². The van der Waals surface area contributed by atoms with Crippen LogP contribution in [0.1, 0.15) is 117 Å². The predicted molar refractivity (Wildman–Crippen MR) is 230 cm³/mol. The van der Waals surface area contributed by atoms with Crippen LogP contribution in [0.25, 0.3) is 0 Å². The third-order valence-corrected chi connectivity index (χ3v) is 9.02. The minimum atomic E-state index is -4.31. The van der Waals surface area contributed by atoms with Gasteiger partial charge >= 0.3 is 7.82 Å². The maximum atomic E-state index is 12.6. The Labute approximate surface area is 330 Å². The zero-order chi connectivity index (χ0) is 40.0. The van der Waals surface area contributed by atoms with Crippen LogP contribution in [0.2, 0.25) is 0 Å². The average Bonchev–Trinajstić information content (AvgIpc) is 3.12. The van der Waals surface area contributed by atoms with Crippen molar-refractivity contribution in [2.24, 2.45) is 0 Å². The van der Waals surface area contributed by atoms with E-state index in [0.717, 1.165) is 83.5 Å². The second-order valence-corrected chi connectivity index (χ2v) is 15.7. The van der Waals surface area contributed by atoms with Crippen molar-refractivity contribution in [3.63, 3.8) is 0 Å². The first-order chi connectivity index (χ1) is 26.0. The number of phosphoric ester groups is 1. The van der Waals surface area contributed by atoms with E-state index in [1.807, 2.05) is 21.1 Å². The number of amides is 1. The molecule has 8 nitrogen and oxygen atoms in total. The lowest BCUT2D eigenvalue weighted by Crippen LogP contribution is -2.46. The molecule has 3 atom stereocenters. The number of nitrogens with one attached hydrogen (secondary N) is 1. The van der Waals surface area contributed by atoms with Gasteiger partial charge in [-0.2, -0.15) is 0 Å². The van der Waals surface area contributed by atoms with Gasteiger partial charge in [0.25, 0.3) is 0 Å². The Kier molecular flexibility index (Phi) is 34.0. The van der Waals surface area contributed by atoms with Crippen LogP contribution in [-0.2, 0) is 18.4 Å². The fraction of sp³-hybridized carbons (Fsp3) is 0.578. The summed E-state index contributed by atoms with van der Waals surface area (Å²) in [6.07, 6.45) is 52.1. The molecule has 0 saturated heterocycles. The Balaban J connectivity index is 4.16. The molecule has 0 radical (unpaired) electrons. The molecule has 3 N–H and O–H groups in total. The van der Waals surface area contributed by atoms with E-state index in [0.29, 0.717) is 23.9 Å². The van der Waals surface area contributed by atoms with Crippen LogP contribution in [0.15, 0.2) is 109 Å². The fourth-order valence-electron chi connectivity index (χ4n) is 4.81. The second-order valence-electron chi connectivity index (χ2n) is 14.3. The molecule has 54 heavy (non-hydrogen) atoms. The number of nitrogens with zero attached hydrogens (tertiary/aromatic N) is 1. The van der Waals surface area contributed by atoms with Crippen LogP contribution in [0.4, 0.5) is 0 Å². The lowest BCUT2D eigenvalue weighted by Gasteiger charge is -2.26. The molecule has 3 unspecified atom stereocenters. The Hall–Kier alpha value is -2.84. The summed E-state index contributed by atoms with van der Waals surface area (Å²) in [4.78, 5) is 22.7. The van der Waals surface area contributed by atoms with Crippen LogP contribution in [0, 0.1) is 0 Å². The quantitative estimate of drug-likeness (QED) is 0.0260. The summed E-state index contributed by atoms with van der Waals surface area (Å²) in [7, 11) is 1.55. The first-order valence-electron chi connectivity index (χ1n) is 20.3. The second kappa shape index (κ2) is 35.8. The minimum Gasteiger partial charge on any atom is -0.391 e. The van der Waals surface area contributed by atoms with Gasteiger partial charge in [-0.25, -0.2) is 4.57 Å². The van der Waals surface area contributed by atoms with Gasteiger partial charge in [0.1, 0.15) is 13.2 Å². The average molecular weight is 772 g/mol. The first kappa shape index (κ1) is 51.2. The number of unbranched alkanes of at least 4 members (excludes halogenated alkanes) is 3. The zero-order valence-corrected chi connectivity index (χ0v) is 35.3. The van der Waals surface area contributed by atoms with Crippen molar-refractivity contribution in [2.45, 2.75) is 129 Å². The molecule has 0 bridgehead atoms. The monoisotopic (exact) mass is 772 g/mol. The minimum absolute atomic E-state index is 0.0550. The van der Waals surface area contributed by atoms with Crippen molar-refractivity contribution in [1.29, 1.82) is 0 Å². The summed E-state index contributed by atoms with van der Waals surface area (Å²) < 4.78 is 23.2. The molecule has 0 aromatic rings. The van der Waals surface area contributed by atoms with Crippen LogP contribution >= 0.6 is 7.82 Å². The fourth-order valence-corrected chi connectivity index (χ4v) is 5.54. The molecule has 306 valence electrons. The molecule has 0 aliphatic rings. The zero-order valence-electron chi connectivity index (χ0n) is 34.4. The van der Waals surface area contributed by atoms with E-state index in [4.69, 9.17) is 9.05 Å². The summed E-state index contributed by atoms with van der Waals surface area (Å²) in [6.45, 7) is 4.51.